The van der Waals surface area contributed by atoms with E-state index >= 15 is 0 Å². The number of carbonyl (C=O) groups is 1. The lowest BCUT2D eigenvalue weighted by molar-refractivity contribution is -0.111. The van der Waals surface area contributed by atoms with Gasteiger partial charge >= 0.3 is 0 Å². The quantitative estimate of drug-likeness (QED) is 0.207. The van der Waals surface area contributed by atoms with Crippen LogP contribution in [-0.2, 0) is 4.79 Å². The van der Waals surface area contributed by atoms with Gasteiger partial charge in [0.05, 0.1) is 0 Å². The largest absolute Gasteiger partial charge is 0.396 e. The van der Waals surface area contributed by atoms with Gasteiger partial charge in [-0.1, -0.05) is 81.9 Å². The minimum absolute atomic E-state index is 0.157. The minimum atomic E-state index is 0.157. The van der Waals surface area contributed by atoms with Crippen LogP contribution in [-0.4, -0.2) is 17.5 Å². The van der Waals surface area contributed by atoms with Crippen LogP contribution in [0, 0.1) is 5.92 Å². The van der Waals surface area contributed by atoms with Crippen molar-refractivity contribution < 1.29 is 9.90 Å². The summed E-state index contributed by atoms with van der Waals surface area (Å²) in [5.74, 6) is 0.379. The number of hydrogen-bond acceptors (Lipinski definition) is 2. The summed E-state index contributed by atoms with van der Waals surface area (Å²) in [5.41, 5.74) is 0.917. The van der Waals surface area contributed by atoms with Crippen molar-refractivity contribution in [1.29, 1.82) is 0 Å². The molecular formula is C24H38O2. The molecule has 0 bridgehead atoms. The van der Waals surface area contributed by atoms with Crippen LogP contribution < -0.4 is 0 Å². The zero-order valence-corrected chi connectivity index (χ0v) is 16.7. The van der Waals surface area contributed by atoms with E-state index in [4.69, 9.17) is 5.11 Å². The van der Waals surface area contributed by atoms with Gasteiger partial charge in [0.15, 0.2) is 5.78 Å². The first-order chi connectivity index (χ1) is 12.8. The maximum atomic E-state index is 12.0. The molecular weight excluding hydrogens is 320 g/mol. The van der Waals surface area contributed by atoms with Crippen molar-refractivity contribution in [2.75, 3.05) is 6.61 Å². The van der Waals surface area contributed by atoms with Gasteiger partial charge in [0.1, 0.15) is 0 Å². The number of allylic oxidation sites excluding steroid dienone is 8. The van der Waals surface area contributed by atoms with Gasteiger partial charge in [-0.3, -0.25) is 4.79 Å². The second-order valence-corrected chi connectivity index (χ2v) is 7.22. The van der Waals surface area contributed by atoms with Crippen molar-refractivity contribution in [1.82, 2.24) is 0 Å². The molecule has 2 heteroatoms. The predicted molar refractivity (Wildman–Crippen MR) is 112 cm³/mol. The zero-order valence-electron chi connectivity index (χ0n) is 16.7. The standard InChI is InChI=1S/C24H38O2/c1-2-3-4-5-6-7-8-9-12-15-18-23-22(19-20-24(23)26)17-14-11-10-13-16-21-25/h11-12,14-15,18-20,22,25H,2-10,13,16-17,21H2,1H3/b14-11-,15-12+,23-18+/t22-/m0/s1. The van der Waals surface area contributed by atoms with E-state index in [0.29, 0.717) is 0 Å². The monoisotopic (exact) mass is 358 g/mol. The highest BCUT2D eigenvalue weighted by molar-refractivity contribution is 6.07. The normalized spacial score (nSPS) is 18.9. The number of hydrogen-bond donors (Lipinski definition) is 1. The predicted octanol–water partition coefficient (Wildman–Crippen LogP) is 6.47. The van der Waals surface area contributed by atoms with Gasteiger partial charge in [0, 0.05) is 18.1 Å². The first-order valence-corrected chi connectivity index (χ1v) is 10.6. The second kappa shape index (κ2) is 15.8. The molecule has 0 aromatic carbocycles. The Morgan fingerprint density at radius 3 is 2.38 bits per heavy atom. The van der Waals surface area contributed by atoms with E-state index < -0.39 is 0 Å². The summed E-state index contributed by atoms with van der Waals surface area (Å²) in [4.78, 5) is 12.0. The van der Waals surface area contributed by atoms with Crippen LogP contribution in [0.1, 0.15) is 84.0 Å². The molecule has 0 saturated carbocycles. The first-order valence-electron chi connectivity index (χ1n) is 10.6. The summed E-state index contributed by atoms with van der Waals surface area (Å²) in [7, 11) is 0. The van der Waals surface area contributed by atoms with Crippen molar-refractivity contribution in [3.63, 3.8) is 0 Å². The van der Waals surface area contributed by atoms with Crippen LogP contribution in [0.25, 0.3) is 0 Å². The lowest BCUT2D eigenvalue weighted by Crippen LogP contribution is -2.01. The molecule has 0 radical (unpaired) electrons. The van der Waals surface area contributed by atoms with Crippen molar-refractivity contribution >= 4 is 5.78 Å². The van der Waals surface area contributed by atoms with Gasteiger partial charge < -0.3 is 5.11 Å². The molecule has 1 N–H and O–H groups in total. The summed E-state index contributed by atoms with van der Waals surface area (Å²) in [6.07, 6.45) is 28.6. The third-order valence-corrected chi connectivity index (χ3v) is 4.89. The number of aliphatic hydroxyl groups excluding tert-OH is 1. The van der Waals surface area contributed by atoms with Crippen LogP contribution in [0.4, 0.5) is 0 Å². The average Bonchev–Trinajstić information content (AvgIpc) is 2.99. The number of ketones is 1. The van der Waals surface area contributed by atoms with Crippen LogP contribution in [0.15, 0.2) is 48.1 Å². The average molecular weight is 359 g/mol. The lowest BCUT2D eigenvalue weighted by atomic mass is 9.97. The maximum absolute atomic E-state index is 12.0. The molecule has 0 unspecified atom stereocenters. The van der Waals surface area contributed by atoms with Crippen molar-refractivity contribution in [2.24, 2.45) is 5.92 Å². The van der Waals surface area contributed by atoms with Gasteiger partial charge in [0.25, 0.3) is 0 Å². The molecule has 146 valence electrons. The van der Waals surface area contributed by atoms with Gasteiger partial charge in [-0.15, -0.1) is 0 Å². The fraction of sp³-hybridized carbons (Fsp3) is 0.625. The second-order valence-electron chi connectivity index (χ2n) is 7.22. The molecule has 1 rings (SSSR count). The van der Waals surface area contributed by atoms with Crippen LogP contribution in [0.5, 0.6) is 0 Å². The molecule has 1 aliphatic rings. The minimum Gasteiger partial charge on any atom is -0.396 e. The Morgan fingerprint density at radius 2 is 1.62 bits per heavy atom. The lowest BCUT2D eigenvalue weighted by Gasteiger charge is -2.06. The van der Waals surface area contributed by atoms with Gasteiger partial charge in [0.2, 0.25) is 0 Å². The molecule has 26 heavy (non-hydrogen) atoms. The first kappa shape index (κ1) is 22.6. The van der Waals surface area contributed by atoms with Crippen LogP contribution >= 0.6 is 0 Å². The molecule has 0 aromatic rings. The number of aliphatic hydroxyl groups is 1. The van der Waals surface area contributed by atoms with E-state index in [1.807, 2.05) is 12.2 Å². The van der Waals surface area contributed by atoms with Crippen molar-refractivity contribution in [3.8, 4) is 0 Å². The molecule has 0 saturated heterocycles. The number of unbranched alkanes of at least 4 members (excludes halogenated alkanes) is 9. The SMILES string of the molecule is CCCCCCCCC/C=C/C=C1/C(=O)C=C[C@@H]1C/C=C\CCCCO. The Labute approximate surface area is 160 Å². The number of rotatable bonds is 15. The molecule has 0 spiro atoms. The molecule has 0 heterocycles. The molecule has 1 atom stereocenters. The Hall–Kier alpha value is -1.41. The highest BCUT2D eigenvalue weighted by Crippen LogP contribution is 2.25. The summed E-state index contributed by atoms with van der Waals surface area (Å²) < 4.78 is 0. The summed E-state index contributed by atoms with van der Waals surface area (Å²) in [6, 6.07) is 0. The van der Waals surface area contributed by atoms with Crippen LogP contribution in [0.2, 0.25) is 0 Å². The van der Waals surface area contributed by atoms with E-state index in [1.54, 1.807) is 6.08 Å². The fourth-order valence-corrected chi connectivity index (χ4v) is 3.22. The summed E-state index contributed by atoms with van der Waals surface area (Å²) >= 11 is 0. The topological polar surface area (TPSA) is 37.3 Å². The highest BCUT2D eigenvalue weighted by Gasteiger charge is 2.20. The van der Waals surface area contributed by atoms with Crippen molar-refractivity contribution in [2.45, 2.75) is 84.0 Å². The van der Waals surface area contributed by atoms with E-state index in [1.165, 1.54) is 44.9 Å². The maximum Gasteiger partial charge on any atom is 0.182 e. The van der Waals surface area contributed by atoms with E-state index in [2.05, 4.69) is 31.2 Å². The molecule has 0 aliphatic heterocycles. The van der Waals surface area contributed by atoms with Gasteiger partial charge in [-0.05, 0) is 44.6 Å². The van der Waals surface area contributed by atoms with E-state index in [-0.39, 0.29) is 18.3 Å². The molecule has 1 aliphatic carbocycles. The van der Waals surface area contributed by atoms with Crippen LogP contribution in [0.3, 0.4) is 0 Å². The molecule has 2 nitrogen and oxygen atoms in total. The van der Waals surface area contributed by atoms with E-state index in [9.17, 15) is 4.79 Å². The fourth-order valence-electron chi connectivity index (χ4n) is 3.22. The van der Waals surface area contributed by atoms with E-state index in [0.717, 1.165) is 37.7 Å². The third kappa shape index (κ3) is 10.6. The Kier molecular flexibility index (Phi) is 13.8. The Balaban J connectivity index is 2.23. The summed E-state index contributed by atoms with van der Waals surface area (Å²) in [6.45, 7) is 2.52. The highest BCUT2D eigenvalue weighted by atomic mass is 16.2. The molecule has 0 aromatic heterocycles. The smallest absolute Gasteiger partial charge is 0.182 e. The summed E-state index contributed by atoms with van der Waals surface area (Å²) in [5, 5.41) is 8.77. The molecule has 0 amide bonds. The number of carbonyl (C=O) groups excluding carboxylic acids is 1. The molecule has 0 fully saturated rings. The van der Waals surface area contributed by atoms with Gasteiger partial charge in [-0.25, -0.2) is 0 Å². The van der Waals surface area contributed by atoms with Gasteiger partial charge in [-0.2, -0.15) is 0 Å². The Bertz CT molecular complexity index is 482. The third-order valence-electron chi connectivity index (χ3n) is 4.89. The Morgan fingerprint density at radius 1 is 0.923 bits per heavy atom. The van der Waals surface area contributed by atoms with Crippen molar-refractivity contribution in [3.05, 3.63) is 48.1 Å². The zero-order chi connectivity index (χ0) is 18.9.